The molecule has 26 heavy (non-hydrogen) atoms. The van der Waals surface area contributed by atoms with E-state index in [-0.39, 0.29) is 23.1 Å². The number of halogens is 1. The average Bonchev–Trinajstić information content (AvgIpc) is 2.88. The molecular formula is C19H21FN2O3S. The van der Waals surface area contributed by atoms with Gasteiger partial charge < -0.3 is 4.74 Å². The van der Waals surface area contributed by atoms with Crippen molar-refractivity contribution in [1.82, 2.24) is 9.29 Å². The first-order valence-electron chi connectivity index (χ1n) is 8.81. The first-order chi connectivity index (χ1) is 12.4. The molecule has 0 saturated carbocycles. The van der Waals surface area contributed by atoms with Crippen LogP contribution in [-0.2, 0) is 10.0 Å². The van der Waals surface area contributed by atoms with E-state index in [4.69, 9.17) is 4.74 Å². The van der Waals surface area contributed by atoms with Crippen LogP contribution in [0.25, 0.3) is 0 Å². The lowest BCUT2D eigenvalue weighted by Gasteiger charge is -2.38. The minimum atomic E-state index is -3.64. The summed E-state index contributed by atoms with van der Waals surface area (Å²) >= 11 is 0. The van der Waals surface area contributed by atoms with Crippen molar-refractivity contribution in [2.24, 2.45) is 0 Å². The SMILES string of the molecule is Cc1cc(F)ccc1S(=O)(=O)N1C2CCC1CC(Oc1cccnc1)C2. The van der Waals surface area contributed by atoms with Gasteiger partial charge >= 0.3 is 0 Å². The Balaban J connectivity index is 1.56. The van der Waals surface area contributed by atoms with Gasteiger partial charge in [0.25, 0.3) is 0 Å². The van der Waals surface area contributed by atoms with Gasteiger partial charge in [0.15, 0.2) is 0 Å². The number of hydrogen-bond donors (Lipinski definition) is 0. The van der Waals surface area contributed by atoms with E-state index in [0.717, 1.165) is 12.8 Å². The van der Waals surface area contributed by atoms with Gasteiger partial charge in [-0.2, -0.15) is 4.31 Å². The van der Waals surface area contributed by atoms with Gasteiger partial charge in [-0.25, -0.2) is 12.8 Å². The third-order valence-corrected chi connectivity index (χ3v) is 7.42. The minimum absolute atomic E-state index is 0.0162. The zero-order chi connectivity index (χ0) is 18.3. The summed E-state index contributed by atoms with van der Waals surface area (Å²) in [5.41, 5.74) is 0.443. The Morgan fingerprint density at radius 1 is 1.19 bits per heavy atom. The fourth-order valence-electron chi connectivity index (χ4n) is 4.20. The number of pyridine rings is 1. The first kappa shape index (κ1) is 17.4. The molecule has 5 nitrogen and oxygen atoms in total. The van der Waals surface area contributed by atoms with Crippen LogP contribution in [0.2, 0.25) is 0 Å². The highest BCUT2D eigenvalue weighted by Gasteiger charge is 2.48. The first-order valence-corrected chi connectivity index (χ1v) is 10.3. The second kappa shape index (κ2) is 6.63. The number of ether oxygens (including phenoxy) is 1. The van der Waals surface area contributed by atoms with Gasteiger partial charge in [-0.3, -0.25) is 4.98 Å². The summed E-state index contributed by atoms with van der Waals surface area (Å²) in [6, 6.07) is 7.38. The Bertz CT molecular complexity index is 890. The largest absolute Gasteiger partial charge is 0.489 e. The Morgan fingerprint density at radius 2 is 1.92 bits per heavy atom. The standard InChI is InChI=1S/C19H21FN2O3S/c1-13-9-14(20)4-7-19(13)26(23,24)22-15-5-6-16(22)11-18(10-15)25-17-3-2-8-21-12-17/h2-4,7-9,12,15-16,18H,5-6,10-11H2,1H3. The number of fused-ring (bicyclic) bond motifs is 2. The highest BCUT2D eigenvalue weighted by Crippen LogP contribution is 2.41. The van der Waals surface area contributed by atoms with Crippen LogP contribution >= 0.6 is 0 Å². The molecule has 2 aliphatic heterocycles. The van der Waals surface area contributed by atoms with Gasteiger partial charge in [-0.1, -0.05) is 0 Å². The summed E-state index contributed by atoms with van der Waals surface area (Å²) in [6.07, 6.45) is 6.32. The van der Waals surface area contributed by atoms with Gasteiger partial charge in [0.05, 0.1) is 11.1 Å². The Morgan fingerprint density at radius 3 is 2.54 bits per heavy atom. The highest BCUT2D eigenvalue weighted by molar-refractivity contribution is 7.89. The molecule has 1 aromatic heterocycles. The predicted molar refractivity (Wildman–Crippen MR) is 94.9 cm³/mol. The van der Waals surface area contributed by atoms with Crippen molar-refractivity contribution < 1.29 is 17.5 Å². The number of sulfonamides is 1. The normalized spacial score (nSPS) is 26.0. The van der Waals surface area contributed by atoms with E-state index in [1.807, 2.05) is 12.1 Å². The van der Waals surface area contributed by atoms with E-state index in [1.165, 1.54) is 18.2 Å². The molecule has 2 aliphatic rings. The third-order valence-electron chi connectivity index (χ3n) is 5.25. The molecule has 0 amide bonds. The van der Waals surface area contributed by atoms with Crippen molar-refractivity contribution in [3.63, 3.8) is 0 Å². The van der Waals surface area contributed by atoms with E-state index in [0.29, 0.717) is 24.2 Å². The van der Waals surface area contributed by atoms with Crippen LogP contribution in [0.4, 0.5) is 4.39 Å². The second-order valence-corrected chi connectivity index (χ2v) is 8.84. The maximum atomic E-state index is 13.4. The second-order valence-electron chi connectivity index (χ2n) is 7.03. The molecule has 0 aliphatic carbocycles. The van der Waals surface area contributed by atoms with Crippen molar-refractivity contribution >= 4 is 10.0 Å². The molecule has 0 N–H and O–H groups in total. The maximum absolute atomic E-state index is 13.4. The van der Waals surface area contributed by atoms with Gasteiger partial charge in [-0.15, -0.1) is 0 Å². The fraction of sp³-hybridized carbons (Fsp3) is 0.421. The summed E-state index contributed by atoms with van der Waals surface area (Å²) in [6.45, 7) is 1.64. The summed E-state index contributed by atoms with van der Waals surface area (Å²) in [5, 5.41) is 0. The number of aromatic nitrogens is 1. The number of benzene rings is 1. The topological polar surface area (TPSA) is 59.5 Å². The molecular weight excluding hydrogens is 355 g/mol. The minimum Gasteiger partial charge on any atom is -0.489 e. The Kier molecular flexibility index (Phi) is 4.44. The molecule has 2 unspecified atom stereocenters. The molecule has 7 heteroatoms. The van der Waals surface area contributed by atoms with Crippen molar-refractivity contribution in [2.75, 3.05) is 0 Å². The molecule has 0 spiro atoms. The van der Waals surface area contributed by atoms with Crippen LogP contribution in [0, 0.1) is 12.7 Å². The number of piperidine rings is 1. The van der Waals surface area contributed by atoms with Gasteiger partial charge in [-0.05, 0) is 55.7 Å². The monoisotopic (exact) mass is 376 g/mol. The lowest BCUT2D eigenvalue weighted by Crippen LogP contribution is -2.49. The molecule has 2 saturated heterocycles. The molecule has 1 aromatic carbocycles. The summed E-state index contributed by atoms with van der Waals surface area (Å²) in [4.78, 5) is 4.25. The highest BCUT2D eigenvalue weighted by atomic mass is 32.2. The van der Waals surface area contributed by atoms with Crippen molar-refractivity contribution in [2.45, 2.75) is 55.7 Å². The van der Waals surface area contributed by atoms with Crippen LogP contribution in [0.5, 0.6) is 5.75 Å². The van der Waals surface area contributed by atoms with Crippen LogP contribution in [-0.4, -0.2) is 35.9 Å². The van der Waals surface area contributed by atoms with Gasteiger partial charge in [0.2, 0.25) is 10.0 Å². The molecule has 138 valence electrons. The number of nitrogens with zero attached hydrogens (tertiary/aromatic N) is 2. The summed E-state index contributed by atoms with van der Waals surface area (Å²) in [5.74, 6) is 0.288. The quantitative estimate of drug-likeness (QED) is 0.822. The number of aryl methyl sites for hydroxylation is 1. The lowest BCUT2D eigenvalue weighted by atomic mass is 10.0. The van der Waals surface area contributed by atoms with E-state index < -0.39 is 15.8 Å². The van der Waals surface area contributed by atoms with E-state index in [2.05, 4.69) is 4.98 Å². The Hall–Kier alpha value is -1.99. The van der Waals surface area contributed by atoms with Crippen LogP contribution in [0.1, 0.15) is 31.2 Å². The van der Waals surface area contributed by atoms with Gasteiger partial charge in [0, 0.05) is 31.1 Å². The summed E-state index contributed by atoms with van der Waals surface area (Å²) < 4.78 is 47.4. The number of hydrogen-bond acceptors (Lipinski definition) is 4. The van der Waals surface area contributed by atoms with Crippen LogP contribution in [0.15, 0.2) is 47.6 Å². The molecule has 2 bridgehead atoms. The van der Waals surface area contributed by atoms with E-state index >= 15 is 0 Å². The predicted octanol–water partition coefficient (Wildman–Crippen LogP) is 3.29. The number of rotatable bonds is 4. The molecule has 3 heterocycles. The molecule has 4 rings (SSSR count). The zero-order valence-electron chi connectivity index (χ0n) is 14.5. The fourth-order valence-corrected chi connectivity index (χ4v) is 6.30. The molecule has 2 aromatic rings. The van der Waals surface area contributed by atoms with Crippen molar-refractivity contribution in [1.29, 1.82) is 0 Å². The lowest BCUT2D eigenvalue weighted by molar-refractivity contribution is 0.0953. The van der Waals surface area contributed by atoms with Crippen LogP contribution in [0.3, 0.4) is 0 Å². The maximum Gasteiger partial charge on any atom is 0.243 e. The molecule has 2 fully saturated rings. The van der Waals surface area contributed by atoms with Gasteiger partial charge in [0.1, 0.15) is 17.7 Å². The summed E-state index contributed by atoms with van der Waals surface area (Å²) in [7, 11) is -3.64. The average molecular weight is 376 g/mol. The van der Waals surface area contributed by atoms with Crippen molar-refractivity contribution in [3.8, 4) is 5.75 Å². The van der Waals surface area contributed by atoms with Crippen LogP contribution < -0.4 is 4.74 Å². The smallest absolute Gasteiger partial charge is 0.243 e. The molecule has 2 atom stereocenters. The molecule has 0 radical (unpaired) electrons. The van der Waals surface area contributed by atoms with Crippen molar-refractivity contribution in [3.05, 3.63) is 54.1 Å². The van der Waals surface area contributed by atoms with E-state index in [9.17, 15) is 12.8 Å². The zero-order valence-corrected chi connectivity index (χ0v) is 15.3. The van der Waals surface area contributed by atoms with E-state index in [1.54, 1.807) is 23.6 Å². The third kappa shape index (κ3) is 3.10. The Labute approximate surface area is 152 Å².